The maximum atomic E-state index is 13.7. The number of nitrogens with zero attached hydrogens (tertiary/aromatic N) is 2. The van der Waals surface area contributed by atoms with Crippen LogP contribution < -0.4 is 5.32 Å². The van der Waals surface area contributed by atoms with E-state index in [1.165, 1.54) is 12.3 Å². The van der Waals surface area contributed by atoms with Gasteiger partial charge >= 0.3 is 0 Å². The van der Waals surface area contributed by atoms with Gasteiger partial charge in [-0.3, -0.25) is 4.79 Å². The standard InChI is InChI=1S/C19H14FN3O2/c20-16-7-2-1-6-15(16)17-12-22-19(25-17)9-8-18(24)23-14-5-3-4-13(10-14)11-21/h1-7,10,12H,8-9H2,(H,23,24). The van der Waals surface area contributed by atoms with E-state index in [0.717, 1.165) is 0 Å². The average molecular weight is 335 g/mol. The Balaban J connectivity index is 1.60. The highest BCUT2D eigenvalue weighted by Crippen LogP contribution is 2.23. The first-order valence-electron chi connectivity index (χ1n) is 7.65. The third-order valence-electron chi connectivity index (χ3n) is 3.53. The predicted octanol–water partition coefficient (Wildman–Crippen LogP) is 3.92. The van der Waals surface area contributed by atoms with E-state index < -0.39 is 0 Å². The second kappa shape index (κ2) is 7.41. The lowest BCUT2D eigenvalue weighted by Gasteiger charge is -2.04. The van der Waals surface area contributed by atoms with Gasteiger partial charge in [0.15, 0.2) is 11.7 Å². The number of amides is 1. The molecular weight excluding hydrogens is 321 g/mol. The monoisotopic (exact) mass is 335 g/mol. The number of carbonyl (C=O) groups excluding carboxylic acids is 1. The first kappa shape index (κ1) is 16.4. The lowest BCUT2D eigenvalue weighted by Crippen LogP contribution is -2.12. The summed E-state index contributed by atoms with van der Waals surface area (Å²) in [6, 6.07) is 14.9. The van der Waals surface area contributed by atoms with E-state index in [9.17, 15) is 9.18 Å². The van der Waals surface area contributed by atoms with Crippen LogP contribution in [0.2, 0.25) is 0 Å². The molecule has 1 amide bonds. The van der Waals surface area contributed by atoms with Gasteiger partial charge in [0.2, 0.25) is 5.91 Å². The van der Waals surface area contributed by atoms with Gasteiger partial charge in [-0.05, 0) is 30.3 Å². The van der Waals surface area contributed by atoms with Gasteiger partial charge in [0.1, 0.15) is 5.82 Å². The smallest absolute Gasteiger partial charge is 0.224 e. The second-order valence-corrected chi connectivity index (χ2v) is 5.34. The maximum absolute atomic E-state index is 13.7. The number of carbonyl (C=O) groups is 1. The van der Waals surface area contributed by atoms with Crippen LogP contribution in [0.3, 0.4) is 0 Å². The summed E-state index contributed by atoms with van der Waals surface area (Å²) in [4.78, 5) is 16.1. The molecule has 25 heavy (non-hydrogen) atoms. The van der Waals surface area contributed by atoms with Crippen molar-refractivity contribution in [2.24, 2.45) is 0 Å². The number of nitriles is 1. The van der Waals surface area contributed by atoms with Crippen molar-refractivity contribution in [1.29, 1.82) is 5.26 Å². The summed E-state index contributed by atoms with van der Waals surface area (Å²) in [5.41, 5.74) is 1.36. The van der Waals surface area contributed by atoms with E-state index in [0.29, 0.717) is 28.5 Å². The molecular formula is C19H14FN3O2. The molecule has 6 heteroatoms. The molecule has 0 aliphatic heterocycles. The Labute approximate surface area is 143 Å². The van der Waals surface area contributed by atoms with Crippen LogP contribution in [-0.4, -0.2) is 10.9 Å². The Morgan fingerprint density at radius 3 is 2.88 bits per heavy atom. The van der Waals surface area contributed by atoms with Crippen molar-refractivity contribution in [3.8, 4) is 17.4 Å². The number of nitrogens with one attached hydrogen (secondary N) is 1. The molecule has 0 aliphatic carbocycles. The maximum Gasteiger partial charge on any atom is 0.224 e. The minimum Gasteiger partial charge on any atom is -0.441 e. The lowest BCUT2D eigenvalue weighted by molar-refractivity contribution is -0.116. The molecule has 2 aromatic carbocycles. The number of benzene rings is 2. The van der Waals surface area contributed by atoms with E-state index in [1.807, 2.05) is 6.07 Å². The zero-order valence-corrected chi connectivity index (χ0v) is 13.2. The fraction of sp³-hybridized carbons (Fsp3) is 0.105. The minimum atomic E-state index is -0.389. The van der Waals surface area contributed by atoms with E-state index >= 15 is 0 Å². The summed E-state index contributed by atoms with van der Waals surface area (Å²) in [5.74, 6) is 0.0791. The molecule has 1 heterocycles. The van der Waals surface area contributed by atoms with Crippen molar-refractivity contribution >= 4 is 11.6 Å². The van der Waals surface area contributed by atoms with Crippen LogP contribution in [-0.2, 0) is 11.2 Å². The van der Waals surface area contributed by atoms with Gasteiger partial charge in [-0.25, -0.2) is 9.37 Å². The van der Waals surface area contributed by atoms with Gasteiger partial charge in [0.05, 0.1) is 23.4 Å². The summed E-state index contributed by atoms with van der Waals surface area (Å²) in [6.45, 7) is 0. The van der Waals surface area contributed by atoms with Gasteiger partial charge in [0, 0.05) is 18.5 Å². The summed E-state index contributed by atoms with van der Waals surface area (Å²) >= 11 is 0. The number of aromatic nitrogens is 1. The van der Waals surface area contributed by atoms with Gasteiger partial charge in [0.25, 0.3) is 0 Å². The fourth-order valence-electron chi connectivity index (χ4n) is 2.32. The summed E-state index contributed by atoms with van der Waals surface area (Å²) in [7, 11) is 0. The van der Waals surface area contributed by atoms with Gasteiger partial charge < -0.3 is 9.73 Å². The number of hydrogen-bond donors (Lipinski definition) is 1. The Bertz CT molecular complexity index is 944. The van der Waals surface area contributed by atoms with Gasteiger partial charge in [-0.2, -0.15) is 5.26 Å². The topological polar surface area (TPSA) is 78.9 Å². The van der Waals surface area contributed by atoms with Crippen molar-refractivity contribution in [3.05, 3.63) is 72.0 Å². The number of hydrogen-bond acceptors (Lipinski definition) is 4. The first-order chi connectivity index (χ1) is 12.2. The molecule has 0 saturated heterocycles. The summed E-state index contributed by atoms with van der Waals surface area (Å²) < 4.78 is 19.2. The van der Waals surface area contributed by atoms with Crippen LogP contribution in [0.4, 0.5) is 10.1 Å². The third kappa shape index (κ3) is 4.09. The van der Waals surface area contributed by atoms with Crippen LogP contribution in [0.25, 0.3) is 11.3 Å². The molecule has 0 atom stereocenters. The summed E-state index contributed by atoms with van der Waals surface area (Å²) in [5, 5.41) is 11.6. The molecule has 0 aliphatic rings. The largest absolute Gasteiger partial charge is 0.441 e. The predicted molar refractivity (Wildman–Crippen MR) is 90.0 cm³/mol. The second-order valence-electron chi connectivity index (χ2n) is 5.34. The molecule has 1 N–H and O–H groups in total. The Hall–Kier alpha value is -3.46. The van der Waals surface area contributed by atoms with Crippen LogP contribution in [0.1, 0.15) is 17.9 Å². The Morgan fingerprint density at radius 1 is 1.24 bits per heavy atom. The van der Waals surface area contributed by atoms with Crippen LogP contribution in [0, 0.1) is 17.1 Å². The van der Waals surface area contributed by atoms with Crippen molar-refractivity contribution in [3.63, 3.8) is 0 Å². The number of rotatable bonds is 5. The SMILES string of the molecule is N#Cc1cccc(NC(=O)CCc2ncc(-c3ccccc3F)o2)c1. The molecule has 3 aromatic rings. The van der Waals surface area contributed by atoms with Crippen LogP contribution in [0.15, 0.2) is 59.1 Å². The normalized spacial score (nSPS) is 10.2. The Kier molecular flexibility index (Phi) is 4.86. The molecule has 0 saturated carbocycles. The highest BCUT2D eigenvalue weighted by Gasteiger charge is 2.12. The summed E-state index contributed by atoms with van der Waals surface area (Å²) in [6.07, 6.45) is 1.90. The molecule has 0 fully saturated rings. The van der Waals surface area contributed by atoms with Crippen molar-refractivity contribution in [2.45, 2.75) is 12.8 Å². The molecule has 3 rings (SSSR count). The van der Waals surface area contributed by atoms with Crippen LogP contribution in [0.5, 0.6) is 0 Å². The molecule has 0 unspecified atom stereocenters. The van der Waals surface area contributed by atoms with Gasteiger partial charge in [-0.1, -0.05) is 18.2 Å². The first-order valence-corrected chi connectivity index (χ1v) is 7.65. The van der Waals surface area contributed by atoms with E-state index in [4.69, 9.17) is 9.68 Å². The lowest BCUT2D eigenvalue weighted by atomic mass is 10.2. The van der Waals surface area contributed by atoms with E-state index in [2.05, 4.69) is 10.3 Å². The zero-order chi connectivity index (χ0) is 17.6. The van der Waals surface area contributed by atoms with Crippen LogP contribution >= 0.6 is 0 Å². The number of aryl methyl sites for hydroxylation is 1. The number of halogens is 1. The molecule has 0 spiro atoms. The molecule has 0 bridgehead atoms. The average Bonchev–Trinajstić information content (AvgIpc) is 3.09. The Morgan fingerprint density at radius 2 is 2.08 bits per heavy atom. The number of oxazole rings is 1. The van der Waals surface area contributed by atoms with E-state index in [-0.39, 0.29) is 24.6 Å². The third-order valence-corrected chi connectivity index (χ3v) is 3.53. The van der Waals surface area contributed by atoms with Crippen molar-refractivity contribution < 1.29 is 13.6 Å². The minimum absolute atomic E-state index is 0.161. The van der Waals surface area contributed by atoms with Crippen molar-refractivity contribution in [1.82, 2.24) is 4.98 Å². The van der Waals surface area contributed by atoms with Gasteiger partial charge in [-0.15, -0.1) is 0 Å². The fourth-order valence-corrected chi connectivity index (χ4v) is 2.32. The van der Waals surface area contributed by atoms with E-state index in [1.54, 1.807) is 42.5 Å². The molecule has 1 aromatic heterocycles. The number of anilines is 1. The highest BCUT2D eigenvalue weighted by atomic mass is 19.1. The zero-order valence-electron chi connectivity index (χ0n) is 13.2. The molecule has 0 radical (unpaired) electrons. The van der Waals surface area contributed by atoms with Crippen molar-refractivity contribution in [2.75, 3.05) is 5.32 Å². The molecule has 124 valence electrons. The quantitative estimate of drug-likeness (QED) is 0.766. The molecule has 5 nitrogen and oxygen atoms in total. The highest BCUT2D eigenvalue weighted by molar-refractivity contribution is 5.90.